The van der Waals surface area contributed by atoms with Crippen molar-refractivity contribution in [3.8, 4) is 5.75 Å². The Hall–Kier alpha value is -2.93. The van der Waals surface area contributed by atoms with Gasteiger partial charge in [-0.2, -0.15) is 0 Å². The first-order valence-electron chi connectivity index (χ1n) is 7.36. The molecule has 0 saturated carbocycles. The first-order chi connectivity index (χ1) is 11.6. The van der Waals surface area contributed by atoms with Crippen molar-refractivity contribution < 1.29 is 19.4 Å². The minimum Gasteiger partial charge on any atom is -0.497 e. The number of rotatable bonds is 7. The number of amides is 2. The molecule has 0 aliphatic carbocycles. The Bertz CT molecular complexity index is 674. The lowest BCUT2D eigenvalue weighted by Crippen LogP contribution is -2.46. The van der Waals surface area contributed by atoms with Crippen molar-refractivity contribution in [2.24, 2.45) is 0 Å². The fraction of sp³-hybridized carbons (Fsp3) is 0.235. The first kappa shape index (κ1) is 17.4. The summed E-state index contributed by atoms with van der Waals surface area (Å²) in [4.78, 5) is 28.0. The highest BCUT2D eigenvalue weighted by atomic mass is 16.5. The Morgan fingerprint density at radius 2 is 1.83 bits per heavy atom. The quantitative estimate of drug-likeness (QED) is 0.696. The number of anilines is 1. The second-order valence-electron chi connectivity index (χ2n) is 5.05. The van der Waals surface area contributed by atoms with E-state index in [1.165, 1.54) is 0 Å². The van der Waals surface area contributed by atoms with Gasteiger partial charge in [-0.05, 0) is 42.0 Å². The van der Waals surface area contributed by atoms with Gasteiger partial charge in [0.25, 0.3) is 0 Å². The topological polar surface area (TPSA) is 101 Å². The van der Waals surface area contributed by atoms with Crippen LogP contribution in [0.3, 0.4) is 0 Å². The van der Waals surface area contributed by atoms with Gasteiger partial charge in [-0.25, -0.2) is 0 Å². The zero-order chi connectivity index (χ0) is 17.4. The summed E-state index contributed by atoms with van der Waals surface area (Å²) >= 11 is 0. The summed E-state index contributed by atoms with van der Waals surface area (Å²) in [6.45, 7) is -0.496. The van der Waals surface area contributed by atoms with Gasteiger partial charge in [0, 0.05) is 18.1 Å². The molecule has 2 amide bonds. The third-order valence-corrected chi connectivity index (χ3v) is 3.31. The number of hydrogen-bond donors (Lipinski definition) is 3. The number of pyridine rings is 1. The van der Waals surface area contributed by atoms with E-state index in [0.717, 1.165) is 5.56 Å². The van der Waals surface area contributed by atoms with E-state index in [-0.39, 0.29) is 12.3 Å². The molecule has 2 rings (SSSR count). The van der Waals surface area contributed by atoms with Crippen LogP contribution in [0.25, 0.3) is 0 Å². The zero-order valence-corrected chi connectivity index (χ0v) is 13.2. The fourth-order valence-electron chi connectivity index (χ4n) is 2.03. The maximum Gasteiger partial charge on any atom is 0.249 e. The smallest absolute Gasteiger partial charge is 0.249 e. The van der Waals surface area contributed by atoms with Gasteiger partial charge in [-0.3, -0.25) is 14.6 Å². The lowest BCUT2D eigenvalue weighted by Gasteiger charge is -2.16. The van der Waals surface area contributed by atoms with Gasteiger partial charge in [0.2, 0.25) is 11.8 Å². The molecule has 24 heavy (non-hydrogen) atoms. The highest BCUT2D eigenvalue weighted by molar-refractivity contribution is 5.97. The molecule has 1 aromatic carbocycles. The number of nitrogens with one attached hydrogen (secondary N) is 2. The van der Waals surface area contributed by atoms with E-state index < -0.39 is 18.6 Å². The summed E-state index contributed by atoms with van der Waals surface area (Å²) < 4.78 is 5.04. The van der Waals surface area contributed by atoms with Gasteiger partial charge >= 0.3 is 0 Å². The van der Waals surface area contributed by atoms with Crippen LogP contribution in [0.4, 0.5) is 5.69 Å². The zero-order valence-electron chi connectivity index (χ0n) is 13.2. The predicted molar refractivity (Wildman–Crippen MR) is 88.6 cm³/mol. The first-order valence-corrected chi connectivity index (χ1v) is 7.36. The number of ether oxygens (including phenoxy) is 1. The normalized spacial score (nSPS) is 11.4. The molecule has 2 aromatic rings. The third kappa shape index (κ3) is 5.06. The lowest BCUT2D eigenvalue weighted by molar-refractivity contribution is -0.126. The Kier molecular flexibility index (Phi) is 6.27. The minimum atomic E-state index is -1.03. The van der Waals surface area contributed by atoms with Gasteiger partial charge < -0.3 is 20.5 Å². The van der Waals surface area contributed by atoms with Crippen molar-refractivity contribution in [3.05, 3.63) is 54.4 Å². The monoisotopic (exact) mass is 329 g/mol. The second-order valence-corrected chi connectivity index (χ2v) is 5.05. The van der Waals surface area contributed by atoms with Crippen molar-refractivity contribution in [1.29, 1.82) is 0 Å². The molecule has 0 aliphatic rings. The number of methoxy groups -OCH3 is 1. The summed E-state index contributed by atoms with van der Waals surface area (Å²) in [5, 5.41) is 14.5. The maximum absolute atomic E-state index is 12.2. The molecule has 7 nitrogen and oxygen atoms in total. The summed E-state index contributed by atoms with van der Waals surface area (Å²) in [5.41, 5.74) is 1.32. The maximum atomic E-state index is 12.2. The van der Waals surface area contributed by atoms with Crippen LogP contribution < -0.4 is 15.4 Å². The molecule has 0 aliphatic heterocycles. The molecule has 0 saturated heterocycles. The molecule has 0 radical (unpaired) electrons. The van der Waals surface area contributed by atoms with Crippen molar-refractivity contribution >= 4 is 17.5 Å². The Labute approximate surface area is 139 Å². The van der Waals surface area contributed by atoms with E-state index in [1.807, 2.05) is 0 Å². The van der Waals surface area contributed by atoms with E-state index >= 15 is 0 Å². The number of aromatic nitrogens is 1. The standard InChI is InChI=1S/C17H19N3O4/c1-24-14-4-2-13(3-5-14)19-17(23)15(11-21)20-16(22)10-12-6-8-18-9-7-12/h2-9,15,21H,10-11H2,1H3,(H,19,23)(H,20,22)/t15-/m0/s1. The van der Waals surface area contributed by atoms with Crippen LogP contribution in [-0.4, -0.2) is 41.7 Å². The van der Waals surface area contributed by atoms with Gasteiger partial charge in [-0.15, -0.1) is 0 Å². The molecule has 0 unspecified atom stereocenters. The molecule has 1 atom stereocenters. The van der Waals surface area contributed by atoms with Crippen LogP contribution in [0.1, 0.15) is 5.56 Å². The third-order valence-electron chi connectivity index (χ3n) is 3.31. The largest absolute Gasteiger partial charge is 0.497 e. The number of aliphatic hydroxyl groups is 1. The molecule has 126 valence electrons. The lowest BCUT2D eigenvalue weighted by atomic mass is 10.2. The number of carbonyl (C=O) groups excluding carboxylic acids is 2. The van der Waals surface area contributed by atoms with Crippen molar-refractivity contribution in [2.45, 2.75) is 12.5 Å². The SMILES string of the molecule is COc1ccc(NC(=O)[C@H](CO)NC(=O)Cc2ccncc2)cc1. The van der Waals surface area contributed by atoms with Crippen LogP contribution in [0.15, 0.2) is 48.8 Å². The molecule has 1 aromatic heterocycles. The van der Waals surface area contributed by atoms with Gasteiger partial charge in [0.05, 0.1) is 20.1 Å². The van der Waals surface area contributed by atoms with Crippen LogP contribution in [0.5, 0.6) is 5.75 Å². The molecule has 0 spiro atoms. The van der Waals surface area contributed by atoms with Crippen molar-refractivity contribution in [3.63, 3.8) is 0 Å². The number of nitrogens with zero attached hydrogens (tertiary/aromatic N) is 1. The summed E-state index contributed by atoms with van der Waals surface area (Å²) in [7, 11) is 1.55. The average molecular weight is 329 g/mol. The summed E-state index contributed by atoms with van der Waals surface area (Å²) in [6, 6.07) is 9.14. The highest BCUT2D eigenvalue weighted by Crippen LogP contribution is 2.15. The van der Waals surface area contributed by atoms with Crippen LogP contribution >= 0.6 is 0 Å². The average Bonchev–Trinajstić information content (AvgIpc) is 2.61. The Morgan fingerprint density at radius 3 is 2.42 bits per heavy atom. The number of carbonyl (C=O) groups is 2. The molecule has 1 heterocycles. The predicted octanol–water partition coefficient (Wildman–Crippen LogP) is 0.748. The van der Waals surface area contributed by atoms with E-state index in [2.05, 4.69) is 15.6 Å². The van der Waals surface area contributed by atoms with Crippen LogP contribution in [0, 0.1) is 0 Å². The van der Waals surface area contributed by atoms with Crippen LogP contribution in [-0.2, 0) is 16.0 Å². The number of hydrogen-bond acceptors (Lipinski definition) is 5. The molecule has 3 N–H and O–H groups in total. The molecule has 7 heteroatoms. The fourth-order valence-corrected chi connectivity index (χ4v) is 2.03. The van der Waals surface area contributed by atoms with Gasteiger partial charge in [0.1, 0.15) is 11.8 Å². The number of benzene rings is 1. The van der Waals surface area contributed by atoms with Gasteiger partial charge in [-0.1, -0.05) is 0 Å². The van der Waals surface area contributed by atoms with E-state index in [1.54, 1.807) is 55.9 Å². The van der Waals surface area contributed by atoms with E-state index in [9.17, 15) is 14.7 Å². The summed E-state index contributed by atoms with van der Waals surface area (Å²) in [5.74, 6) is -0.187. The Morgan fingerprint density at radius 1 is 1.17 bits per heavy atom. The molecular formula is C17H19N3O4. The van der Waals surface area contributed by atoms with Crippen molar-refractivity contribution in [2.75, 3.05) is 19.0 Å². The molecule has 0 bridgehead atoms. The molecule has 0 fully saturated rings. The molecular weight excluding hydrogens is 310 g/mol. The van der Waals surface area contributed by atoms with Crippen LogP contribution in [0.2, 0.25) is 0 Å². The number of aliphatic hydroxyl groups excluding tert-OH is 1. The minimum absolute atomic E-state index is 0.106. The highest BCUT2D eigenvalue weighted by Gasteiger charge is 2.20. The van der Waals surface area contributed by atoms with Gasteiger partial charge in [0.15, 0.2) is 0 Å². The van der Waals surface area contributed by atoms with Crippen molar-refractivity contribution in [1.82, 2.24) is 10.3 Å². The van der Waals surface area contributed by atoms with E-state index in [0.29, 0.717) is 11.4 Å². The summed E-state index contributed by atoms with van der Waals surface area (Å²) in [6.07, 6.45) is 3.28. The van der Waals surface area contributed by atoms with E-state index in [4.69, 9.17) is 4.74 Å². The second kappa shape index (κ2) is 8.64. The Balaban J connectivity index is 1.91.